The van der Waals surface area contributed by atoms with Crippen molar-refractivity contribution in [1.29, 1.82) is 0 Å². The first-order valence-corrected chi connectivity index (χ1v) is 6.70. The van der Waals surface area contributed by atoms with E-state index in [1.54, 1.807) is 30.3 Å². The van der Waals surface area contributed by atoms with Gasteiger partial charge in [0.25, 0.3) is 0 Å². The Hall–Kier alpha value is -1.55. The number of fused-ring (bicyclic) bond motifs is 1. The van der Waals surface area contributed by atoms with E-state index >= 15 is 0 Å². The van der Waals surface area contributed by atoms with Gasteiger partial charge in [0.05, 0.1) is 16.1 Å². The molecule has 0 bridgehead atoms. The van der Waals surface area contributed by atoms with Crippen LogP contribution >= 0.6 is 23.2 Å². The lowest BCUT2D eigenvalue weighted by Crippen LogP contribution is -2.11. The van der Waals surface area contributed by atoms with Crippen LogP contribution in [0.15, 0.2) is 46.9 Å². The summed E-state index contributed by atoms with van der Waals surface area (Å²) in [4.78, 5) is 0. The van der Waals surface area contributed by atoms with Gasteiger partial charge in [0.15, 0.2) is 0 Å². The largest absolute Gasteiger partial charge is 0.459 e. The van der Waals surface area contributed by atoms with Crippen molar-refractivity contribution in [3.8, 4) is 0 Å². The number of halogens is 3. The topological polar surface area (TPSA) is 39.2 Å². The van der Waals surface area contributed by atoms with Crippen molar-refractivity contribution in [2.45, 2.75) is 6.04 Å². The van der Waals surface area contributed by atoms with Gasteiger partial charge >= 0.3 is 0 Å². The lowest BCUT2D eigenvalue weighted by atomic mass is 10.1. The summed E-state index contributed by atoms with van der Waals surface area (Å²) < 4.78 is 18.8. The zero-order valence-electron chi connectivity index (χ0n) is 10.2. The number of hydrogen-bond acceptors (Lipinski definition) is 2. The molecule has 3 rings (SSSR count). The minimum atomic E-state index is -0.559. The molecule has 0 aliphatic rings. The summed E-state index contributed by atoms with van der Waals surface area (Å²) in [6, 6.07) is 10.7. The zero-order valence-corrected chi connectivity index (χ0v) is 11.8. The molecular formula is C15H10Cl2FNO. The van der Waals surface area contributed by atoms with Gasteiger partial charge in [-0.3, -0.25) is 0 Å². The second kappa shape index (κ2) is 5.09. The second-order valence-electron chi connectivity index (χ2n) is 4.45. The molecule has 0 saturated carbocycles. The average molecular weight is 310 g/mol. The van der Waals surface area contributed by atoms with E-state index < -0.39 is 6.04 Å². The Morgan fingerprint density at radius 2 is 1.90 bits per heavy atom. The van der Waals surface area contributed by atoms with Gasteiger partial charge in [0, 0.05) is 5.39 Å². The molecule has 3 aromatic rings. The standard InChI is InChI=1S/C15H10Cl2FNO/c16-11-3-1-2-10(14(11)17)15(19)13-7-8-6-9(18)4-5-12(8)20-13/h1-7,15H,19H2. The molecule has 0 fully saturated rings. The van der Waals surface area contributed by atoms with Crippen LogP contribution in [0.1, 0.15) is 17.4 Å². The maximum absolute atomic E-state index is 13.2. The first kappa shape index (κ1) is 13.4. The number of rotatable bonds is 2. The lowest BCUT2D eigenvalue weighted by molar-refractivity contribution is 0.524. The van der Waals surface area contributed by atoms with Crippen molar-refractivity contribution in [2.75, 3.05) is 0 Å². The maximum atomic E-state index is 13.2. The van der Waals surface area contributed by atoms with Crippen LogP contribution in [0.5, 0.6) is 0 Å². The van der Waals surface area contributed by atoms with E-state index in [0.717, 1.165) is 0 Å². The fourth-order valence-corrected chi connectivity index (χ4v) is 2.53. The van der Waals surface area contributed by atoms with Crippen LogP contribution in [-0.4, -0.2) is 0 Å². The minimum absolute atomic E-state index is 0.320. The monoisotopic (exact) mass is 309 g/mol. The van der Waals surface area contributed by atoms with Crippen LogP contribution in [-0.2, 0) is 0 Å². The molecule has 1 unspecified atom stereocenters. The van der Waals surface area contributed by atoms with Gasteiger partial charge in [0.1, 0.15) is 17.2 Å². The summed E-state index contributed by atoms with van der Waals surface area (Å²) in [5.74, 6) is 0.189. The summed E-state index contributed by atoms with van der Waals surface area (Å²) in [5.41, 5.74) is 7.40. The molecule has 0 amide bonds. The van der Waals surface area contributed by atoms with Gasteiger partial charge in [-0.05, 0) is 35.9 Å². The fourth-order valence-electron chi connectivity index (χ4n) is 2.10. The highest BCUT2D eigenvalue weighted by atomic mass is 35.5. The Bertz CT molecular complexity index is 785. The van der Waals surface area contributed by atoms with Crippen molar-refractivity contribution < 1.29 is 8.81 Å². The molecule has 20 heavy (non-hydrogen) atoms. The second-order valence-corrected chi connectivity index (χ2v) is 5.24. The third-order valence-corrected chi connectivity index (χ3v) is 3.95. The summed E-state index contributed by atoms with van der Waals surface area (Å²) in [6.45, 7) is 0. The Balaban J connectivity index is 2.08. The van der Waals surface area contributed by atoms with E-state index in [-0.39, 0.29) is 5.82 Å². The third-order valence-electron chi connectivity index (χ3n) is 3.12. The molecule has 0 radical (unpaired) electrons. The van der Waals surface area contributed by atoms with Crippen molar-refractivity contribution >= 4 is 34.2 Å². The maximum Gasteiger partial charge on any atom is 0.134 e. The van der Waals surface area contributed by atoms with Gasteiger partial charge in [-0.1, -0.05) is 35.3 Å². The Morgan fingerprint density at radius 3 is 2.70 bits per heavy atom. The smallest absolute Gasteiger partial charge is 0.134 e. The van der Waals surface area contributed by atoms with E-state index in [0.29, 0.717) is 32.3 Å². The van der Waals surface area contributed by atoms with E-state index in [1.807, 2.05) is 0 Å². The van der Waals surface area contributed by atoms with Gasteiger partial charge in [-0.25, -0.2) is 4.39 Å². The van der Waals surface area contributed by atoms with E-state index in [2.05, 4.69) is 0 Å². The lowest BCUT2D eigenvalue weighted by Gasteiger charge is -2.11. The van der Waals surface area contributed by atoms with Crippen LogP contribution in [0.25, 0.3) is 11.0 Å². The Morgan fingerprint density at radius 1 is 1.10 bits per heavy atom. The number of nitrogens with two attached hydrogens (primary N) is 1. The summed E-state index contributed by atoms with van der Waals surface area (Å²) in [7, 11) is 0. The van der Waals surface area contributed by atoms with Gasteiger partial charge < -0.3 is 10.2 Å². The summed E-state index contributed by atoms with van der Waals surface area (Å²) >= 11 is 12.1. The molecule has 1 atom stereocenters. The van der Waals surface area contributed by atoms with E-state index in [4.69, 9.17) is 33.4 Å². The highest BCUT2D eigenvalue weighted by Gasteiger charge is 2.18. The van der Waals surface area contributed by atoms with Gasteiger partial charge in [-0.15, -0.1) is 0 Å². The molecule has 0 spiro atoms. The molecule has 102 valence electrons. The van der Waals surface area contributed by atoms with Gasteiger partial charge in [-0.2, -0.15) is 0 Å². The van der Waals surface area contributed by atoms with Crippen molar-refractivity contribution in [2.24, 2.45) is 5.73 Å². The fraction of sp³-hybridized carbons (Fsp3) is 0.0667. The molecule has 0 aliphatic heterocycles. The molecule has 5 heteroatoms. The SMILES string of the molecule is NC(c1cc2cc(F)ccc2o1)c1cccc(Cl)c1Cl. The van der Waals surface area contributed by atoms with Crippen molar-refractivity contribution in [3.63, 3.8) is 0 Å². The van der Waals surface area contributed by atoms with Crippen LogP contribution in [0, 0.1) is 5.82 Å². The highest BCUT2D eigenvalue weighted by molar-refractivity contribution is 6.42. The first-order valence-electron chi connectivity index (χ1n) is 5.95. The predicted octanol–water partition coefficient (Wildman–Crippen LogP) is 4.93. The molecule has 0 aliphatic carbocycles. The van der Waals surface area contributed by atoms with Crippen LogP contribution in [0.2, 0.25) is 10.0 Å². The summed E-state index contributed by atoms with van der Waals surface area (Å²) in [5, 5.41) is 1.49. The zero-order chi connectivity index (χ0) is 14.3. The molecule has 2 aromatic carbocycles. The number of benzene rings is 2. The Labute approximate surface area is 124 Å². The third kappa shape index (κ3) is 2.29. The molecule has 0 saturated heterocycles. The molecule has 2 N–H and O–H groups in total. The molecular weight excluding hydrogens is 300 g/mol. The highest BCUT2D eigenvalue weighted by Crippen LogP contribution is 2.34. The van der Waals surface area contributed by atoms with E-state index in [9.17, 15) is 4.39 Å². The minimum Gasteiger partial charge on any atom is -0.459 e. The number of furan rings is 1. The predicted molar refractivity (Wildman–Crippen MR) is 78.7 cm³/mol. The van der Waals surface area contributed by atoms with Crippen molar-refractivity contribution in [3.05, 3.63) is 69.7 Å². The van der Waals surface area contributed by atoms with Crippen LogP contribution in [0.4, 0.5) is 4.39 Å². The van der Waals surface area contributed by atoms with E-state index in [1.165, 1.54) is 12.1 Å². The van der Waals surface area contributed by atoms with Crippen LogP contribution in [0.3, 0.4) is 0 Å². The first-order chi connectivity index (χ1) is 9.56. The van der Waals surface area contributed by atoms with Crippen LogP contribution < -0.4 is 5.73 Å². The quantitative estimate of drug-likeness (QED) is 0.729. The summed E-state index contributed by atoms with van der Waals surface area (Å²) in [6.07, 6.45) is 0. The normalized spacial score (nSPS) is 12.8. The molecule has 1 heterocycles. The van der Waals surface area contributed by atoms with Gasteiger partial charge in [0.2, 0.25) is 0 Å². The van der Waals surface area contributed by atoms with Crippen molar-refractivity contribution in [1.82, 2.24) is 0 Å². The molecule has 1 aromatic heterocycles. The number of hydrogen-bond donors (Lipinski definition) is 1. The molecule has 2 nitrogen and oxygen atoms in total. The average Bonchev–Trinajstić information content (AvgIpc) is 2.84. The Kier molecular flexibility index (Phi) is 3.42.